The summed E-state index contributed by atoms with van der Waals surface area (Å²) in [4.78, 5) is 10.1. The second kappa shape index (κ2) is 7.17. The lowest BCUT2D eigenvalue weighted by Gasteiger charge is -2.09. The zero-order chi connectivity index (χ0) is 16.2. The molecule has 0 aliphatic heterocycles. The first-order chi connectivity index (χ1) is 10.4. The van der Waals surface area contributed by atoms with Crippen LogP contribution in [0, 0.1) is 23.0 Å². The van der Waals surface area contributed by atoms with E-state index in [1.807, 2.05) is 0 Å². The Morgan fingerprint density at radius 1 is 1.41 bits per heavy atom. The zero-order valence-corrected chi connectivity index (χ0v) is 13.3. The molecule has 1 aliphatic carbocycles. The van der Waals surface area contributed by atoms with Gasteiger partial charge in [-0.2, -0.15) is 0 Å². The van der Waals surface area contributed by atoms with Gasteiger partial charge in [0.1, 0.15) is 0 Å². The van der Waals surface area contributed by atoms with E-state index >= 15 is 0 Å². The SMILES string of the molecule is Cc1ccc([N+](=O)[O-])cc1S(=O)(=O)NCCCOCC1CC1. The van der Waals surface area contributed by atoms with Crippen molar-refractivity contribution in [2.24, 2.45) is 5.92 Å². The van der Waals surface area contributed by atoms with Crippen LogP contribution in [0.1, 0.15) is 24.8 Å². The van der Waals surface area contributed by atoms with Crippen LogP contribution >= 0.6 is 0 Å². The number of aryl methyl sites for hydroxylation is 1. The van der Waals surface area contributed by atoms with Gasteiger partial charge in [-0.05, 0) is 37.7 Å². The molecule has 1 saturated carbocycles. The summed E-state index contributed by atoms with van der Waals surface area (Å²) in [5.74, 6) is 0.684. The van der Waals surface area contributed by atoms with Gasteiger partial charge in [0, 0.05) is 31.9 Å². The third kappa shape index (κ3) is 4.75. The normalized spacial score (nSPS) is 15.0. The van der Waals surface area contributed by atoms with Crippen molar-refractivity contribution in [3.05, 3.63) is 33.9 Å². The van der Waals surface area contributed by atoms with E-state index in [4.69, 9.17) is 4.74 Å². The molecule has 0 saturated heterocycles. The predicted molar refractivity (Wildman–Crippen MR) is 81.2 cm³/mol. The number of sulfonamides is 1. The highest BCUT2D eigenvalue weighted by Crippen LogP contribution is 2.28. The summed E-state index contributed by atoms with van der Waals surface area (Å²) in [6, 6.07) is 3.81. The number of ether oxygens (including phenoxy) is 1. The smallest absolute Gasteiger partial charge is 0.270 e. The van der Waals surface area contributed by atoms with Gasteiger partial charge in [0.2, 0.25) is 10.0 Å². The second-order valence-corrected chi connectivity index (χ2v) is 7.21. The third-order valence-corrected chi connectivity index (χ3v) is 5.08. The minimum Gasteiger partial charge on any atom is -0.381 e. The van der Waals surface area contributed by atoms with E-state index in [1.54, 1.807) is 6.92 Å². The van der Waals surface area contributed by atoms with Crippen molar-refractivity contribution < 1.29 is 18.1 Å². The van der Waals surface area contributed by atoms with E-state index in [0.29, 0.717) is 24.5 Å². The van der Waals surface area contributed by atoms with E-state index in [0.717, 1.165) is 12.7 Å². The second-order valence-electron chi connectivity index (χ2n) is 5.48. The molecule has 0 bridgehead atoms. The van der Waals surface area contributed by atoms with Crippen LogP contribution in [0.5, 0.6) is 0 Å². The predicted octanol–water partition coefficient (Wildman–Crippen LogP) is 2.00. The molecule has 0 amide bonds. The average molecular weight is 328 g/mol. The van der Waals surface area contributed by atoms with Gasteiger partial charge in [0.15, 0.2) is 0 Å². The molecule has 2 rings (SSSR count). The molecule has 0 unspecified atom stereocenters. The highest BCUT2D eigenvalue weighted by molar-refractivity contribution is 7.89. The van der Waals surface area contributed by atoms with Gasteiger partial charge in [0.05, 0.1) is 9.82 Å². The minimum atomic E-state index is -3.75. The van der Waals surface area contributed by atoms with Gasteiger partial charge >= 0.3 is 0 Å². The first-order valence-corrected chi connectivity index (χ1v) is 8.71. The highest BCUT2D eigenvalue weighted by atomic mass is 32.2. The number of hydrogen-bond donors (Lipinski definition) is 1. The zero-order valence-electron chi connectivity index (χ0n) is 12.4. The Hall–Kier alpha value is -1.51. The third-order valence-electron chi connectivity index (χ3n) is 3.48. The molecule has 1 aromatic carbocycles. The Balaban J connectivity index is 1.88. The molecular formula is C14H20N2O5S. The summed E-state index contributed by atoms with van der Waals surface area (Å²) in [5, 5.41) is 10.8. The molecule has 0 radical (unpaired) electrons. The molecule has 7 nitrogen and oxygen atoms in total. The number of nitrogens with one attached hydrogen (secondary N) is 1. The van der Waals surface area contributed by atoms with Gasteiger partial charge in [0.25, 0.3) is 5.69 Å². The van der Waals surface area contributed by atoms with E-state index < -0.39 is 14.9 Å². The van der Waals surface area contributed by atoms with Gasteiger partial charge < -0.3 is 4.74 Å². The molecule has 8 heteroatoms. The quantitative estimate of drug-likeness (QED) is 0.425. The van der Waals surface area contributed by atoms with Crippen molar-refractivity contribution in [2.45, 2.75) is 31.1 Å². The van der Waals surface area contributed by atoms with Crippen LogP contribution in [0.15, 0.2) is 23.1 Å². The molecule has 0 aromatic heterocycles. The lowest BCUT2D eigenvalue weighted by Crippen LogP contribution is -2.26. The Bertz CT molecular complexity index is 641. The van der Waals surface area contributed by atoms with Gasteiger partial charge in [-0.25, -0.2) is 13.1 Å². The standard InChI is InChI=1S/C14H20N2O5S/c1-11-3-6-13(16(17)18)9-14(11)22(19,20)15-7-2-8-21-10-12-4-5-12/h3,6,9,12,15H,2,4-5,7-8,10H2,1H3. The largest absolute Gasteiger partial charge is 0.381 e. The molecule has 1 aromatic rings. The minimum absolute atomic E-state index is 0.0550. The maximum absolute atomic E-state index is 12.2. The maximum Gasteiger partial charge on any atom is 0.270 e. The lowest BCUT2D eigenvalue weighted by atomic mass is 10.2. The summed E-state index contributed by atoms with van der Waals surface area (Å²) < 4.78 is 32.3. The number of nitrogens with zero attached hydrogens (tertiary/aromatic N) is 1. The van der Waals surface area contributed by atoms with Crippen molar-refractivity contribution in [1.29, 1.82) is 0 Å². The van der Waals surface area contributed by atoms with Gasteiger partial charge in [-0.1, -0.05) is 6.07 Å². The number of nitro groups is 1. The summed E-state index contributed by atoms with van der Waals surface area (Å²) in [5.41, 5.74) is 0.238. The van der Waals surface area contributed by atoms with Crippen molar-refractivity contribution in [1.82, 2.24) is 4.72 Å². The first-order valence-electron chi connectivity index (χ1n) is 7.22. The van der Waals surface area contributed by atoms with E-state index in [2.05, 4.69) is 4.72 Å². The Morgan fingerprint density at radius 2 is 2.14 bits per heavy atom. The summed E-state index contributed by atoms with van der Waals surface area (Å²) in [6.45, 7) is 3.11. The fourth-order valence-corrected chi connectivity index (χ4v) is 3.32. The Kier molecular flexibility index (Phi) is 5.49. The average Bonchev–Trinajstić information content (AvgIpc) is 3.26. The molecule has 122 valence electrons. The molecule has 1 aliphatic rings. The molecule has 0 atom stereocenters. The van der Waals surface area contributed by atoms with Crippen LogP contribution in [0.4, 0.5) is 5.69 Å². The van der Waals surface area contributed by atoms with Gasteiger partial charge in [-0.15, -0.1) is 0 Å². The molecule has 0 heterocycles. The first kappa shape index (κ1) is 16.9. The van der Waals surface area contributed by atoms with E-state index in [-0.39, 0.29) is 17.1 Å². The molecule has 1 N–H and O–H groups in total. The topological polar surface area (TPSA) is 98.5 Å². The van der Waals surface area contributed by atoms with Crippen LogP contribution in [-0.2, 0) is 14.8 Å². The number of rotatable bonds is 9. The number of non-ortho nitro benzene ring substituents is 1. The van der Waals surface area contributed by atoms with Crippen LogP contribution in [0.2, 0.25) is 0 Å². The highest BCUT2D eigenvalue weighted by Gasteiger charge is 2.21. The van der Waals surface area contributed by atoms with Crippen LogP contribution in [0.3, 0.4) is 0 Å². The summed E-state index contributed by atoms with van der Waals surface area (Å²) in [6.07, 6.45) is 3.01. The maximum atomic E-state index is 12.2. The fraction of sp³-hybridized carbons (Fsp3) is 0.571. The number of nitro benzene ring substituents is 1. The number of benzene rings is 1. The molecule has 1 fully saturated rings. The van der Waals surface area contributed by atoms with Crippen molar-refractivity contribution >= 4 is 15.7 Å². The van der Waals surface area contributed by atoms with E-state index in [1.165, 1.54) is 25.0 Å². The van der Waals surface area contributed by atoms with Gasteiger partial charge in [-0.3, -0.25) is 10.1 Å². The molecule has 0 spiro atoms. The van der Waals surface area contributed by atoms with Crippen LogP contribution in [-0.4, -0.2) is 33.1 Å². The fourth-order valence-electron chi connectivity index (χ4n) is 1.98. The summed E-state index contributed by atoms with van der Waals surface area (Å²) >= 11 is 0. The van der Waals surface area contributed by atoms with Crippen molar-refractivity contribution in [3.63, 3.8) is 0 Å². The van der Waals surface area contributed by atoms with Crippen molar-refractivity contribution in [3.8, 4) is 0 Å². The molecular weight excluding hydrogens is 308 g/mol. The number of hydrogen-bond acceptors (Lipinski definition) is 5. The van der Waals surface area contributed by atoms with Crippen molar-refractivity contribution in [2.75, 3.05) is 19.8 Å². The Labute approximate surface area is 129 Å². The Morgan fingerprint density at radius 3 is 2.77 bits per heavy atom. The van der Waals surface area contributed by atoms with E-state index in [9.17, 15) is 18.5 Å². The monoisotopic (exact) mass is 328 g/mol. The summed E-state index contributed by atoms with van der Waals surface area (Å²) in [7, 11) is -3.75. The molecule has 22 heavy (non-hydrogen) atoms. The lowest BCUT2D eigenvalue weighted by molar-refractivity contribution is -0.385. The van der Waals surface area contributed by atoms with Crippen LogP contribution in [0.25, 0.3) is 0 Å². The van der Waals surface area contributed by atoms with Crippen LogP contribution < -0.4 is 4.72 Å².